The molecule has 18 heavy (non-hydrogen) atoms. The predicted octanol–water partition coefficient (Wildman–Crippen LogP) is 4.35. The Labute approximate surface area is 112 Å². The van der Waals surface area contributed by atoms with Crippen LogP contribution in [0.2, 0.25) is 5.02 Å². The number of halogens is 1. The quantitative estimate of drug-likeness (QED) is 0.870. The molecule has 0 amide bonds. The normalized spacial score (nSPS) is 10.1. The second-order valence-corrected chi connectivity index (χ2v) is 4.30. The van der Waals surface area contributed by atoms with E-state index in [0.717, 1.165) is 30.3 Å². The molecule has 1 N–H and O–H groups in total. The van der Waals surface area contributed by atoms with Crippen LogP contribution in [0.25, 0.3) is 0 Å². The Morgan fingerprint density at radius 1 is 1.22 bits per heavy atom. The molecule has 0 spiro atoms. The van der Waals surface area contributed by atoms with Gasteiger partial charge in [-0.05, 0) is 30.7 Å². The predicted molar refractivity (Wildman–Crippen MR) is 74.5 cm³/mol. The molecule has 2 rings (SSSR count). The standard InChI is InChI=1S/C14H15ClN2O/c1-2-7-16-14-10-13(6-8-17-14)18-12-5-3-4-11(15)9-12/h3-6,8-10H,2,7H2,1H3,(H,16,17). The van der Waals surface area contributed by atoms with Crippen LogP contribution < -0.4 is 10.1 Å². The van der Waals surface area contributed by atoms with Crippen molar-refractivity contribution in [2.45, 2.75) is 13.3 Å². The number of nitrogens with zero attached hydrogens (tertiary/aromatic N) is 1. The van der Waals surface area contributed by atoms with Crippen molar-refractivity contribution in [3.63, 3.8) is 0 Å². The third kappa shape index (κ3) is 3.64. The molecule has 0 unspecified atom stereocenters. The van der Waals surface area contributed by atoms with E-state index < -0.39 is 0 Å². The van der Waals surface area contributed by atoms with Crippen molar-refractivity contribution in [3.05, 3.63) is 47.6 Å². The lowest BCUT2D eigenvalue weighted by Gasteiger charge is -2.08. The lowest BCUT2D eigenvalue weighted by Crippen LogP contribution is -2.01. The lowest BCUT2D eigenvalue weighted by molar-refractivity contribution is 0.482. The van der Waals surface area contributed by atoms with Crippen molar-refractivity contribution >= 4 is 17.4 Å². The van der Waals surface area contributed by atoms with E-state index in [9.17, 15) is 0 Å². The van der Waals surface area contributed by atoms with E-state index in [1.807, 2.05) is 30.3 Å². The first-order valence-corrected chi connectivity index (χ1v) is 6.29. The highest BCUT2D eigenvalue weighted by Gasteiger charge is 2.00. The van der Waals surface area contributed by atoms with Gasteiger partial charge < -0.3 is 10.1 Å². The summed E-state index contributed by atoms with van der Waals surface area (Å²) in [5.74, 6) is 2.28. The van der Waals surface area contributed by atoms with Gasteiger partial charge in [-0.1, -0.05) is 24.6 Å². The summed E-state index contributed by atoms with van der Waals surface area (Å²) in [5.41, 5.74) is 0. The van der Waals surface area contributed by atoms with Gasteiger partial charge in [-0.15, -0.1) is 0 Å². The highest BCUT2D eigenvalue weighted by molar-refractivity contribution is 6.30. The van der Waals surface area contributed by atoms with Gasteiger partial charge in [0.15, 0.2) is 0 Å². The van der Waals surface area contributed by atoms with E-state index in [-0.39, 0.29) is 0 Å². The highest BCUT2D eigenvalue weighted by Crippen LogP contribution is 2.25. The van der Waals surface area contributed by atoms with Crippen molar-refractivity contribution in [2.75, 3.05) is 11.9 Å². The number of nitrogens with one attached hydrogen (secondary N) is 1. The van der Waals surface area contributed by atoms with E-state index in [4.69, 9.17) is 16.3 Å². The summed E-state index contributed by atoms with van der Waals surface area (Å²) in [6.45, 7) is 3.01. The maximum Gasteiger partial charge on any atom is 0.132 e. The van der Waals surface area contributed by atoms with Crippen LogP contribution in [-0.4, -0.2) is 11.5 Å². The van der Waals surface area contributed by atoms with Gasteiger partial charge in [0.05, 0.1) is 0 Å². The Kier molecular flexibility index (Phi) is 4.42. The molecule has 1 heterocycles. The molecule has 0 bridgehead atoms. The van der Waals surface area contributed by atoms with Gasteiger partial charge in [0.1, 0.15) is 17.3 Å². The SMILES string of the molecule is CCCNc1cc(Oc2cccc(Cl)c2)ccn1. The number of ether oxygens (including phenoxy) is 1. The van der Waals surface area contributed by atoms with E-state index in [1.54, 1.807) is 12.3 Å². The number of aromatic nitrogens is 1. The van der Waals surface area contributed by atoms with Crippen molar-refractivity contribution in [2.24, 2.45) is 0 Å². The van der Waals surface area contributed by atoms with Gasteiger partial charge in [0.25, 0.3) is 0 Å². The lowest BCUT2D eigenvalue weighted by atomic mass is 10.3. The highest BCUT2D eigenvalue weighted by atomic mass is 35.5. The third-order valence-corrected chi connectivity index (χ3v) is 2.55. The molecule has 0 saturated heterocycles. The maximum atomic E-state index is 5.91. The van der Waals surface area contributed by atoms with E-state index in [2.05, 4.69) is 17.2 Å². The molecule has 1 aromatic heterocycles. The summed E-state index contributed by atoms with van der Waals surface area (Å²) in [6, 6.07) is 11.0. The van der Waals surface area contributed by atoms with Gasteiger partial charge in [-0.3, -0.25) is 0 Å². The summed E-state index contributed by atoms with van der Waals surface area (Å²) < 4.78 is 5.72. The minimum Gasteiger partial charge on any atom is -0.457 e. The first-order chi connectivity index (χ1) is 8.78. The molecule has 0 fully saturated rings. The zero-order chi connectivity index (χ0) is 12.8. The molecule has 94 valence electrons. The molecular weight excluding hydrogens is 248 g/mol. The summed E-state index contributed by atoms with van der Waals surface area (Å²) in [7, 11) is 0. The molecular formula is C14H15ClN2O. The fourth-order valence-electron chi connectivity index (χ4n) is 1.49. The third-order valence-electron chi connectivity index (χ3n) is 2.32. The number of benzene rings is 1. The molecule has 0 saturated carbocycles. The molecule has 4 heteroatoms. The van der Waals surface area contributed by atoms with Crippen LogP contribution in [0.4, 0.5) is 5.82 Å². The first kappa shape index (κ1) is 12.7. The van der Waals surface area contributed by atoms with Gasteiger partial charge in [0, 0.05) is 23.8 Å². The minimum absolute atomic E-state index is 0.658. The van der Waals surface area contributed by atoms with Crippen molar-refractivity contribution in [1.29, 1.82) is 0 Å². The Bertz CT molecular complexity index is 517. The Morgan fingerprint density at radius 2 is 2.06 bits per heavy atom. The van der Waals surface area contributed by atoms with E-state index in [1.165, 1.54) is 0 Å². The monoisotopic (exact) mass is 262 g/mol. The second kappa shape index (κ2) is 6.26. The van der Waals surface area contributed by atoms with Crippen LogP contribution >= 0.6 is 11.6 Å². The van der Waals surface area contributed by atoms with Crippen LogP contribution in [0.3, 0.4) is 0 Å². The largest absolute Gasteiger partial charge is 0.457 e. The summed E-state index contributed by atoms with van der Waals surface area (Å²) in [4.78, 5) is 4.22. The van der Waals surface area contributed by atoms with Gasteiger partial charge in [-0.25, -0.2) is 4.98 Å². The van der Waals surface area contributed by atoms with Gasteiger partial charge >= 0.3 is 0 Å². The summed E-state index contributed by atoms with van der Waals surface area (Å²) >= 11 is 5.91. The van der Waals surface area contributed by atoms with Crippen LogP contribution in [0.15, 0.2) is 42.6 Å². The number of hydrogen-bond acceptors (Lipinski definition) is 3. The molecule has 3 nitrogen and oxygen atoms in total. The van der Waals surface area contributed by atoms with Gasteiger partial charge in [0.2, 0.25) is 0 Å². The average molecular weight is 263 g/mol. The Hall–Kier alpha value is -1.74. The number of anilines is 1. The van der Waals surface area contributed by atoms with Crippen molar-refractivity contribution in [1.82, 2.24) is 4.98 Å². The number of pyridine rings is 1. The van der Waals surface area contributed by atoms with Crippen LogP contribution in [0.5, 0.6) is 11.5 Å². The first-order valence-electron chi connectivity index (χ1n) is 5.91. The number of rotatable bonds is 5. The molecule has 2 aromatic rings. The Balaban J connectivity index is 2.09. The second-order valence-electron chi connectivity index (χ2n) is 3.86. The van der Waals surface area contributed by atoms with Crippen LogP contribution in [-0.2, 0) is 0 Å². The van der Waals surface area contributed by atoms with Crippen LogP contribution in [0, 0.1) is 0 Å². The molecule has 0 aliphatic rings. The van der Waals surface area contributed by atoms with Crippen molar-refractivity contribution in [3.8, 4) is 11.5 Å². The number of hydrogen-bond donors (Lipinski definition) is 1. The molecule has 0 aliphatic heterocycles. The minimum atomic E-state index is 0.658. The molecule has 1 aromatic carbocycles. The fraction of sp³-hybridized carbons (Fsp3) is 0.214. The maximum absolute atomic E-state index is 5.91. The van der Waals surface area contributed by atoms with Crippen LogP contribution in [0.1, 0.15) is 13.3 Å². The van der Waals surface area contributed by atoms with Gasteiger partial charge in [-0.2, -0.15) is 0 Å². The average Bonchev–Trinajstić information content (AvgIpc) is 2.37. The molecule has 0 radical (unpaired) electrons. The smallest absolute Gasteiger partial charge is 0.132 e. The van der Waals surface area contributed by atoms with Crippen molar-refractivity contribution < 1.29 is 4.74 Å². The topological polar surface area (TPSA) is 34.1 Å². The zero-order valence-electron chi connectivity index (χ0n) is 10.2. The van der Waals surface area contributed by atoms with E-state index in [0.29, 0.717) is 5.02 Å². The fourth-order valence-corrected chi connectivity index (χ4v) is 1.67. The Morgan fingerprint density at radius 3 is 2.83 bits per heavy atom. The summed E-state index contributed by atoms with van der Waals surface area (Å²) in [5, 5.41) is 3.87. The zero-order valence-corrected chi connectivity index (χ0v) is 10.9. The van der Waals surface area contributed by atoms with E-state index >= 15 is 0 Å². The summed E-state index contributed by atoms with van der Waals surface area (Å²) in [6.07, 6.45) is 2.78. The molecule has 0 aliphatic carbocycles. The molecule has 0 atom stereocenters.